The van der Waals surface area contributed by atoms with Crippen LogP contribution in [0.15, 0.2) is 48.7 Å². The van der Waals surface area contributed by atoms with Crippen LogP contribution >= 0.6 is 0 Å². The molecule has 0 aliphatic carbocycles. The zero-order chi connectivity index (χ0) is 14.6. The number of hydrogen-bond acceptors (Lipinski definition) is 2. The molecule has 0 bridgehead atoms. The lowest BCUT2D eigenvalue weighted by Crippen LogP contribution is -2.20. The molecule has 0 saturated heterocycles. The van der Waals surface area contributed by atoms with Gasteiger partial charge in [-0.2, -0.15) is 13.2 Å². The van der Waals surface area contributed by atoms with Gasteiger partial charge in [-0.1, -0.05) is 18.2 Å². The molecule has 1 aromatic carbocycles. The monoisotopic (exact) mass is 281 g/mol. The molecule has 0 aliphatic heterocycles. The predicted octanol–water partition coefficient (Wildman–Crippen LogP) is 3.74. The third kappa shape index (κ3) is 3.71. The molecule has 2 N–H and O–H groups in total. The van der Waals surface area contributed by atoms with Crippen molar-refractivity contribution in [3.63, 3.8) is 0 Å². The first kappa shape index (κ1) is 13.9. The Labute approximate surface area is 112 Å². The standard InChI is InChI=1S/C13H10F3N3O/c14-13(15,16)9-6-7-17-11(8-9)19-12(20)18-10-4-2-1-3-5-10/h1-8H,(H2,17,18,19,20). The van der Waals surface area contributed by atoms with E-state index in [-0.39, 0.29) is 5.82 Å². The fraction of sp³-hybridized carbons (Fsp3) is 0.0769. The second-order valence-corrected chi connectivity index (χ2v) is 3.87. The molecule has 0 fully saturated rings. The average Bonchev–Trinajstić information content (AvgIpc) is 2.39. The highest BCUT2D eigenvalue weighted by molar-refractivity contribution is 5.99. The molecule has 0 saturated carbocycles. The topological polar surface area (TPSA) is 54.0 Å². The number of urea groups is 1. The predicted molar refractivity (Wildman–Crippen MR) is 68.3 cm³/mol. The number of benzene rings is 1. The molecule has 1 heterocycles. The summed E-state index contributed by atoms with van der Waals surface area (Å²) >= 11 is 0. The summed E-state index contributed by atoms with van der Waals surface area (Å²) in [5.74, 6) is -0.173. The first-order valence-electron chi connectivity index (χ1n) is 5.61. The number of aromatic nitrogens is 1. The number of carbonyl (C=O) groups excluding carboxylic acids is 1. The van der Waals surface area contributed by atoms with E-state index in [1.165, 1.54) is 0 Å². The highest BCUT2D eigenvalue weighted by atomic mass is 19.4. The lowest BCUT2D eigenvalue weighted by atomic mass is 10.2. The van der Waals surface area contributed by atoms with E-state index >= 15 is 0 Å². The van der Waals surface area contributed by atoms with Crippen molar-refractivity contribution >= 4 is 17.5 Å². The van der Waals surface area contributed by atoms with Crippen LogP contribution in [0.25, 0.3) is 0 Å². The van der Waals surface area contributed by atoms with Crippen LogP contribution in [0.5, 0.6) is 0 Å². The number of pyridine rings is 1. The molecule has 0 atom stereocenters. The van der Waals surface area contributed by atoms with Gasteiger partial charge in [-0.3, -0.25) is 5.32 Å². The minimum atomic E-state index is -4.48. The second-order valence-electron chi connectivity index (χ2n) is 3.87. The number of hydrogen-bond donors (Lipinski definition) is 2. The van der Waals surface area contributed by atoms with Gasteiger partial charge in [-0.05, 0) is 24.3 Å². The smallest absolute Gasteiger partial charge is 0.308 e. The van der Waals surface area contributed by atoms with Crippen molar-refractivity contribution in [1.82, 2.24) is 4.98 Å². The van der Waals surface area contributed by atoms with Crippen LogP contribution in [-0.4, -0.2) is 11.0 Å². The van der Waals surface area contributed by atoms with Crippen LogP contribution in [0.1, 0.15) is 5.56 Å². The maximum atomic E-state index is 12.5. The van der Waals surface area contributed by atoms with Gasteiger partial charge in [0.25, 0.3) is 0 Å². The summed E-state index contributed by atoms with van der Waals surface area (Å²) in [6, 6.07) is 9.46. The first-order valence-corrected chi connectivity index (χ1v) is 5.61. The molecule has 7 heteroatoms. The Morgan fingerprint density at radius 1 is 1.05 bits per heavy atom. The van der Waals surface area contributed by atoms with E-state index in [1.54, 1.807) is 30.3 Å². The quantitative estimate of drug-likeness (QED) is 0.881. The van der Waals surface area contributed by atoms with Crippen molar-refractivity contribution in [2.75, 3.05) is 10.6 Å². The molecule has 2 rings (SSSR count). The lowest BCUT2D eigenvalue weighted by Gasteiger charge is -2.09. The van der Waals surface area contributed by atoms with Crippen molar-refractivity contribution in [2.45, 2.75) is 6.18 Å². The van der Waals surface area contributed by atoms with Gasteiger partial charge < -0.3 is 5.32 Å². The molecule has 1 aromatic heterocycles. The number of anilines is 2. The fourth-order valence-corrected chi connectivity index (χ4v) is 1.48. The largest absolute Gasteiger partial charge is 0.416 e. The SMILES string of the molecule is O=C(Nc1ccccc1)Nc1cc(C(F)(F)F)ccn1. The number of halogens is 3. The van der Waals surface area contributed by atoms with E-state index < -0.39 is 17.8 Å². The van der Waals surface area contributed by atoms with Crippen LogP contribution in [0.3, 0.4) is 0 Å². The maximum absolute atomic E-state index is 12.5. The second kappa shape index (κ2) is 5.60. The molecular formula is C13H10F3N3O. The van der Waals surface area contributed by atoms with Crippen molar-refractivity contribution in [1.29, 1.82) is 0 Å². The number of rotatable bonds is 2. The lowest BCUT2D eigenvalue weighted by molar-refractivity contribution is -0.137. The Morgan fingerprint density at radius 2 is 1.75 bits per heavy atom. The van der Waals surface area contributed by atoms with Gasteiger partial charge in [0.15, 0.2) is 0 Å². The highest BCUT2D eigenvalue weighted by Gasteiger charge is 2.30. The molecule has 0 radical (unpaired) electrons. The molecule has 0 aliphatic rings. The van der Waals surface area contributed by atoms with Gasteiger partial charge in [0.05, 0.1) is 5.56 Å². The minimum Gasteiger partial charge on any atom is -0.308 e. The van der Waals surface area contributed by atoms with Crippen LogP contribution in [0.2, 0.25) is 0 Å². The minimum absolute atomic E-state index is 0.173. The van der Waals surface area contributed by atoms with Crippen molar-refractivity contribution in [3.05, 3.63) is 54.2 Å². The normalized spacial score (nSPS) is 10.9. The summed E-state index contributed by atoms with van der Waals surface area (Å²) in [4.78, 5) is 15.3. The Kier molecular flexibility index (Phi) is 3.88. The van der Waals surface area contributed by atoms with E-state index in [4.69, 9.17) is 0 Å². The van der Waals surface area contributed by atoms with Crippen LogP contribution < -0.4 is 10.6 Å². The van der Waals surface area contributed by atoms with E-state index in [1.807, 2.05) is 0 Å². The molecule has 104 valence electrons. The van der Waals surface area contributed by atoms with Gasteiger partial charge in [0.1, 0.15) is 5.82 Å². The Morgan fingerprint density at radius 3 is 2.40 bits per heavy atom. The number of alkyl halides is 3. The third-order valence-corrected chi connectivity index (χ3v) is 2.36. The van der Waals surface area contributed by atoms with Crippen molar-refractivity contribution in [2.24, 2.45) is 0 Å². The van der Waals surface area contributed by atoms with Crippen molar-refractivity contribution < 1.29 is 18.0 Å². The number of nitrogens with one attached hydrogen (secondary N) is 2. The molecule has 2 amide bonds. The Bertz CT molecular complexity index is 599. The summed E-state index contributed by atoms with van der Waals surface area (Å²) in [6.45, 7) is 0. The third-order valence-electron chi connectivity index (χ3n) is 2.36. The summed E-state index contributed by atoms with van der Waals surface area (Å²) in [5.41, 5.74) is -0.348. The fourth-order valence-electron chi connectivity index (χ4n) is 1.48. The highest BCUT2D eigenvalue weighted by Crippen LogP contribution is 2.29. The van der Waals surface area contributed by atoms with Crippen LogP contribution in [-0.2, 0) is 6.18 Å². The van der Waals surface area contributed by atoms with Crippen molar-refractivity contribution in [3.8, 4) is 0 Å². The van der Waals surface area contributed by atoms with Gasteiger partial charge in [-0.25, -0.2) is 9.78 Å². The molecule has 20 heavy (non-hydrogen) atoms. The van der Waals surface area contributed by atoms with Gasteiger partial charge in [-0.15, -0.1) is 0 Å². The van der Waals surface area contributed by atoms with Gasteiger partial charge in [0.2, 0.25) is 0 Å². The summed E-state index contributed by atoms with van der Waals surface area (Å²) < 4.78 is 37.5. The van der Waals surface area contributed by atoms with E-state index in [2.05, 4.69) is 15.6 Å². The summed E-state index contributed by atoms with van der Waals surface area (Å²) in [6.07, 6.45) is -3.49. The molecular weight excluding hydrogens is 271 g/mol. The zero-order valence-electron chi connectivity index (χ0n) is 10.1. The van der Waals surface area contributed by atoms with Gasteiger partial charge >= 0.3 is 12.2 Å². The average molecular weight is 281 g/mol. The maximum Gasteiger partial charge on any atom is 0.416 e. The number of carbonyl (C=O) groups is 1. The zero-order valence-corrected chi connectivity index (χ0v) is 10.1. The number of para-hydroxylation sites is 1. The first-order chi connectivity index (χ1) is 9.45. The molecule has 0 spiro atoms. The summed E-state index contributed by atoms with van der Waals surface area (Å²) in [7, 11) is 0. The van der Waals surface area contributed by atoms with Crippen LogP contribution in [0, 0.1) is 0 Å². The van der Waals surface area contributed by atoms with E-state index in [0.717, 1.165) is 18.3 Å². The number of amides is 2. The Hall–Kier alpha value is -2.57. The Balaban J connectivity index is 2.05. The van der Waals surface area contributed by atoms with E-state index in [9.17, 15) is 18.0 Å². The molecule has 2 aromatic rings. The van der Waals surface area contributed by atoms with Gasteiger partial charge in [0, 0.05) is 11.9 Å². The van der Waals surface area contributed by atoms with E-state index in [0.29, 0.717) is 5.69 Å². The van der Waals surface area contributed by atoms with Crippen LogP contribution in [0.4, 0.5) is 29.5 Å². The molecule has 4 nitrogen and oxygen atoms in total. The molecule has 0 unspecified atom stereocenters. The summed E-state index contributed by atoms with van der Waals surface area (Å²) in [5, 5.41) is 4.72. The number of nitrogens with zero attached hydrogens (tertiary/aromatic N) is 1.